The first-order valence-corrected chi connectivity index (χ1v) is 8.62. The van der Waals surface area contributed by atoms with Crippen LogP contribution in [0.15, 0.2) is 24.3 Å². The molecular formula is C18H24N4O3. The van der Waals surface area contributed by atoms with Gasteiger partial charge in [0.15, 0.2) is 0 Å². The summed E-state index contributed by atoms with van der Waals surface area (Å²) in [4.78, 5) is 38.1. The summed E-state index contributed by atoms with van der Waals surface area (Å²) in [7, 11) is 0. The van der Waals surface area contributed by atoms with Crippen LogP contribution < -0.4 is 16.4 Å². The van der Waals surface area contributed by atoms with E-state index >= 15 is 0 Å². The first-order chi connectivity index (χ1) is 11.9. The van der Waals surface area contributed by atoms with E-state index < -0.39 is 17.5 Å². The predicted octanol–water partition coefficient (Wildman–Crippen LogP) is 0.941. The van der Waals surface area contributed by atoms with Gasteiger partial charge >= 0.3 is 6.03 Å². The lowest BCUT2D eigenvalue weighted by Gasteiger charge is -2.39. The van der Waals surface area contributed by atoms with Gasteiger partial charge in [-0.15, -0.1) is 0 Å². The summed E-state index contributed by atoms with van der Waals surface area (Å²) in [5.41, 5.74) is 5.95. The molecule has 2 aliphatic heterocycles. The van der Waals surface area contributed by atoms with Crippen LogP contribution in [0.3, 0.4) is 0 Å². The third kappa shape index (κ3) is 3.00. The maximum absolute atomic E-state index is 12.9. The van der Waals surface area contributed by atoms with Crippen molar-refractivity contribution in [3.8, 4) is 0 Å². The highest BCUT2D eigenvalue weighted by Crippen LogP contribution is 2.27. The van der Waals surface area contributed by atoms with E-state index in [1.54, 1.807) is 31.2 Å². The average Bonchev–Trinajstić information content (AvgIpc) is 2.87. The summed E-state index contributed by atoms with van der Waals surface area (Å²) in [6, 6.07) is 6.37. The molecular weight excluding hydrogens is 320 g/mol. The number of amides is 4. The highest BCUT2D eigenvalue weighted by atomic mass is 16.2. The van der Waals surface area contributed by atoms with Crippen LogP contribution >= 0.6 is 0 Å². The van der Waals surface area contributed by atoms with Gasteiger partial charge in [0.2, 0.25) is 0 Å². The van der Waals surface area contributed by atoms with E-state index in [4.69, 9.17) is 5.73 Å². The molecule has 3 rings (SSSR count). The highest BCUT2D eigenvalue weighted by Gasteiger charge is 2.43. The number of nitrogens with two attached hydrogens (primary N) is 1. The Labute approximate surface area is 146 Å². The smallest absolute Gasteiger partial charge is 0.322 e. The molecule has 0 bridgehead atoms. The van der Waals surface area contributed by atoms with Gasteiger partial charge in [0, 0.05) is 24.7 Å². The van der Waals surface area contributed by atoms with E-state index in [9.17, 15) is 14.4 Å². The first-order valence-electron chi connectivity index (χ1n) is 8.62. The third-order valence-electron chi connectivity index (χ3n) is 5.37. The number of benzene rings is 1. The van der Waals surface area contributed by atoms with Crippen molar-refractivity contribution in [1.29, 1.82) is 0 Å². The molecule has 0 radical (unpaired) electrons. The standard InChI is InChI=1S/C18H24N4O3/c1-11-4-3-9-22(14(11)10-19)15(23)12-5-7-13(8-6-12)18(2)16(24)20-17(25)21-18/h5-8,11,14H,3-4,9-10,19H2,1-2H3,(H2,20,21,24,25)/t11-,14+,18+/m1/s1. The number of carbonyl (C=O) groups excluding carboxylic acids is 3. The Morgan fingerprint density at radius 3 is 2.56 bits per heavy atom. The molecule has 0 spiro atoms. The zero-order valence-corrected chi connectivity index (χ0v) is 14.5. The topological polar surface area (TPSA) is 105 Å². The largest absolute Gasteiger partial charge is 0.334 e. The van der Waals surface area contributed by atoms with Gasteiger partial charge in [0.1, 0.15) is 5.54 Å². The third-order valence-corrected chi connectivity index (χ3v) is 5.37. The van der Waals surface area contributed by atoms with E-state index in [-0.39, 0.29) is 11.9 Å². The summed E-state index contributed by atoms with van der Waals surface area (Å²) in [6.07, 6.45) is 2.06. The van der Waals surface area contributed by atoms with Crippen molar-refractivity contribution in [2.75, 3.05) is 13.1 Å². The van der Waals surface area contributed by atoms with Crippen molar-refractivity contribution in [2.45, 2.75) is 38.3 Å². The molecule has 25 heavy (non-hydrogen) atoms. The second-order valence-corrected chi connectivity index (χ2v) is 7.03. The number of hydrogen-bond donors (Lipinski definition) is 3. The monoisotopic (exact) mass is 344 g/mol. The molecule has 7 nitrogen and oxygen atoms in total. The Hall–Kier alpha value is -2.41. The Bertz CT molecular complexity index is 703. The number of rotatable bonds is 3. The lowest BCUT2D eigenvalue weighted by Crippen LogP contribution is -2.51. The number of nitrogens with one attached hydrogen (secondary N) is 2. The van der Waals surface area contributed by atoms with Gasteiger partial charge in [-0.3, -0.25) is 14.9 Å². The molecule has 7 heteroatoms. The molecule has 0 aliphatic carbocycles. The Morgan fingerprint density at radius 2 is 2.00 bits per heavy atom. The molecule has 4 N–H and O–H groups in total. The Kier molecular flexibility index (Phi) is 4.51. The van der Waals surface area contributed by atoms with Crippen molar-refractivity contribution in [2.24, 2.45) is 11.7 Å². The number of piperidine rings is 1. The van der Waals surface area contributed by atoms with Crippen molar-refractivity contribution in [1.82, 2.24) is 15.5 Å². The van der Waals surface area contributed by atoms with Crippen LogP contribution in [0.25, 0.3) is 0 Å². The maximum Gasteiger partial charge on any atom is 0.322 e. The minimum atomic E-state index is -1.11. The normalized spacial score (nSPS) is 29.3. The van der Waals surface area contributed by atoms with Crippen LogP contribution in [0.2, 0.25) is 0 Å². The van der Waals surface area contributed by atoms with Crippen LogP contribution in [0, 0.1) is 5.92 Å². The highest BCUT2D eigenvalue weighted by molar-refractivity contribution is 6.07. The summed E-state index contributed by atoms with van der Waals surface area (Å²) < 4.78 is 0. The zero-order valence-electron chi connectivity index (χ0n) is 14.5. The number of likely N-dealkylation sites (tertiary alicyclic amines) is 1. The van der Waals surface area contributed by atoms with Crippen LogP contribution in [-0.2, 0) is 10.3 Å². The number of urea groups is 1. The van der Waals surface area contributed by atoms with E-state index in [1.165, 1.54) is 0 Å². The fourth-order valence-corrected chi connectivity index (χ4v) is 3.72. The molecule has 2 saturated heterocycles. The molecule has 0 unspecified atom stereocenters. The second kappa shape index (κ2) is 6.48. The van der Waals surface area contributed by atoms with Gasteiger partial charge in [-0.1, -0.05) is 19.1 Å². The Balaban J connectivity index is 1.81. The van der Waals surface area contributed by atoms with E-state index in [2.05, 4.69) is 17.6 Å². The quantitative estimate of drug-likeness (QED) is 0.710. The zero-order chi connectivity index (χ0) is 18.2. The van der Waals surface area contributed by atoms with E-state index in [1.807, 2.05) is 4.90 Å². The van der Waals surface area contributed by atoms with Crippen LogP contribution in [0.4, 0.5) is 4.79 Å². The van der Waals surface area contributed by atoms with Crippen LogP contribution in [0.5, 0.6) is 0 Å². The van der Waals surface area contributed by atoms with Crippen LogP contribution in [-0.4, -0.2) is 41.9 Å². The number of nitrogens with zero attached hydrogens (tertiary/aromatic N) is 1. The van der Waals surface area contributed by atoms with Crippen LogP contribution in [0.1, 0.15) is 42.6 Å². The Morgan fingerprint density at radius 1 is 1.32 bits per heavy atom. The van der Waals surface area contributed by atoms with Crippen molar-refractivity contribution >= 4 is 17.8 Å². The van der Waals surface area contributed by atoms with Gasteiger partial charge in [-0.05, 0) is 43.4 Å². The maximum atomic E-state index is 12.9. The molecule has 2 fully saturated rings. The van der Waals surface area contributed by atoms with Gasteiger partial charge in [0.05, 0.1) is 0 Å². The van der Waals surface area contributed by atoms with E-state index in [0.717, 1.165) is 12.8 Å². The SMILES string of the molecule is C[C@@H]1CCCN(C(=O)c2ccc([C@]3(C)NC(=O)NC3=O)cc2)[C@H]1CN. The van der Waals surface area contributed by atoms with E-state index in [0.29, 0.717) is 30.1 Å². The molecule has 2 heterocycles. The summed E-state index contributed by atoms with van der Waals surface area (Å²) in [5.74, 6) is -0.0541. The number of carbonyl (C=O) groups is 3. The first kappa shape index (κ1) is 17.4. The lowest BCUT2D eigenvalue weighted by molar-refractivity contribution is -0.123. The predicted molar refractivity (Wildman–Crippen MR) is 92.7 cm³/mol. The van der Waals surface area contributed by atoms with Crippen molar-refractivity contribution in [3.63, 3.8) is 0 Å². The average molecular weight is 344 g/mol. The molecule has 0 aromatic heterocycles. The second-order valence-electron chi connectivity index (χ2n) is 7.03. The van der Waals surface area contributed by atoms with Crippen molar-refractivity contribution < 1.29 is 14.4 Å². The summed E-state index contributed by atoms with van der Waals surface area (Å²) in [6.45, 7) is 4.93. The minimum absolute atomic E-state index is 0.0430. The fourth-order valence-electron chi connectivity index (χ4n) is 3.72. The molecule has 3 atom stereocenters. The number of imide groups is 1. The molecule has 1 aromatic carbocycles. The summed E-state index contributed by atoms with van der Waals surface area (Å²) >= 11 is 0. The van der Waals surface area contributed by atoms with Crippen molar-refractivity contribution in [3.05, 3.63) is 35.4 Å². The van der Waals surface area contributed by atoms with Gasteiger partial charge in [-0.25, -0.2) is 4.79 Å². The molecule has 2 aliphatic rings. The fraction of sp³-hybridized carbons (Fsp3) is 0.500. The molecule has 0 saturated carbocycles. The minimum Gasteiger partial charge on any atom is -0.334 e. The molecule has 134 valence electrons. The van der Waals surface area contributed by atoms with Gasteiger partial charge < -0.3 is 16.0 Å². The lowest BCUT2D eigenvalue weighted by atomic mass is 9.89. The van der Waals surface area contributed by atoms with Gasteiger partial charge in [-0.2, -0.15) is 0 Å². The van der Waals surface area contributed by atoms with Gasteiger partial charge in [0.25, 0.3) is 11.8 Å². The molecule has 1 aromatic rings. The number of hydrogen-bond acceptors (Lipinski definition) is 4. The molecule has 4 amide bonds. The summed E-state index contributed by atoms with van der Waals surface area (Å²) in [5, 5.41) is 4.85.